The van der Waals surface area contributed by atoms with E-state index >= 15 is 0 Å². The highest BCUT2D eigenvalue weighted by molar-refractivity contribution is 4.94. The van der Waals surface area contributed by atoms with E-state index in [0.29, 0.717) is 0 Å². The summed E-state index contributed by atoms with van der Waals surface area (Å²) in [4.78, 5) is 5.51. The Morgan fingerprint density at radius 1 is 0.882 bits per heavy atom. The summed E-state index contributed by atoms with van der Waals surface area (Å²) in [6.07, 6.45) is 8.52. The predicted molar refractivity (Wildman–Crippen MR) is 71.3 cm³/mol. The molecule has 1 saturated carbocycles. The molecule has 1 aliphatic carbocycles. The van der Waals surface area contributed by atoms with Crippen LogP contribution in [0.2, 0.25) is 0 Å². The van der Waals surface area contributed by atoms with E-state index in [1.165, 1.54) is 64.7 Å². The van der Waals surface area contributed by atoms with Gasteiger partial charge in [-0.25, -0.2) is 0 Å². The minimum absolute atomic E-state index is 0.747. The molecule has 3 unspecified atom stereocenters. The second-order valence-corrected chi connectivity index (χ2v) is 6.07. The van der Waals surface area contributed by atoms with Crippen molar-refractivity contribution in [1.29, 1.82) is 0 Å². The van der Waals surface area contributed by atoms with Gasteiger partial charge in [0.25, 0.3) is 0 Å². The molecule has 17 heavy (non-hydrogen) atoms. The van der Waals surface area contributed by atoms with Crippen molar-refractivity contribution >= 4 is 0 Å². The Balaban J connectivity index is 1.63. The maximum Gasteiger partial charge on any atom is 0.0250 e. The van der Waals surface area contributed by atoms with Crippen LogP contribution in [-0.4, -0.2) is 61.2 Å². The lowest BCUT2D eigenvalue weighted by atomic mass is 9.88. The topological polar surface area (TPSA) is 18.5 Å². The zero-order valence-electron chi connectivity index (χ0n) is 11.2. The molecule has 0 amide bonds. The van der Waals surface area contributed by atoms with E-state index in [0.717, 1.165) is 18.1 Å². The first-order valence-electron chi connectivity index (χ1n) is 7.54. The maximum atomic E-state index is 3.56. The molecule has 0 radical (unpaired) electrons. The molecule has 2 heterocycles. The van der Waals surface area contributed by atoms with E-state index in [1.54, 1.807) is 0 Å². The number of piperazine rings is 1. The van der Waals surface area contributed by atoms with Gasteiger partial charge < -0.3 is 5.32 Å². The molecule has 3 rings (SSSR count). The molecule has 3 aliphatic rings. The Bertz CT molecular complexity index is 256. The highest BCUT2D eigenvalue weighted by atomic mass is 15.3. The van der Waals surface area contributed by atoms with Crippen LogP contribution in [0, 0.1) is 0 Å². The molecule has 0 aromatic carbocycles. The lowest BCUT2D eigenvalue weighted by molar-refractivity contribution is 0.0439. The fraction of sp³-hybridized carbons (Fsp3) is 1.00. The second kappa shape index (κ2) is 5.25. The fourth-order valence-electron chi connectivity index (χ4n) is 4.20. The molecule has 3 heteroatoms. The van der Waals surface area contributed by atoms with Crippen molar-refractivity contribution in [2.45, 2.75) is 56.7 Å². The monoisotopic (exact) mass is 237 g/mol. The lowest BCUT2D eigenvalue weighted by Crippen LogP contribution is -2.58. The van der Waals surface area contributed by atoms with Crippen LogP contribution in [0.3, 0.4) is 0 Å². The Hall–Kier alpha value is -0.120. The summed E-state index contributed by atoms with van der Waals surface area (Å²) in [5, 5.41) is 3.56. The van der Waals surface area contributed by atoms with Gasteiger partial charge in [0.1, 0.15) is 0 Å². The minimum Gasteiger partial charge on any atom is -0.315 e. The smallest absolute Gasteiger partial charge is 0.0250 e. The zero-order chi connectivity index (χ0) is 11.7. The molecule has 3 nitrogen and oxygen atoms in total. The molecular formula is C14H27N3. The van der Waals surface area contributed by atoms with Crippen molar-refractivity contribution in [3.63, 3.8) is 0 Å². The van der Waals surface area contributed by atoms with Crippen LogP contribution in [0.4, 0.5) is 0 Å². The van der Waals surface area contributed by atoms with Gasteiger partial charge in [-0.05, 0) is 39.3 Å². The summed E-state index contributed by atoms with van der Waals surface area (Å²) in [5.41, 5.74) is 0. The van der Waals surface area contributed by atoms with Crippen LogP contribution in [0.1, 0.15) is 38.5 Å². The molecule has 3 atom stereocenters. The molecule has 2 saturated heterocycles. The molecule has 98 valence electrons. The third kappa shape index (κ3) is 2.38. The number of hydrogen-bond acceptors (Lipinski definition) is 3. The number of nitrogens with zero attached hydrogens (tertiary/aromatic N) is 2. The van der Waals surface area contributed by atoms with E-state index in [4.69, 9.17) is 0 Å². The van der Waals surface area contributed by atoms with Gasteiger partial charge in [-0.2, -0.15) is 0 Å². The van der Waals surface area contributed by atoms with Gasteiger partial charge in [0.05, 0.1) is 0 Å². The van der Waals surface area contributed by atoms with Crippen molar-refractivity contribution < 1.29 is 0 Å². The quantitative estimate of drug-likeness (QED) is 0.781. The molecule has 2 aliphatic heterocycles. The average molecular weight is 237 g/mol. The maximum absolute atomic E-state index is 3.56. The summed E-state index contributed by atoms with van der Waals surface area (Å²) in [5.74, 6) is 0. The van der Waals surface area contributed by atoms with Crippen LogP contribution >= 0.6 is 0 Å². The summed E-state index contributed by atoms with van der Waals surface area (Å²) in [6.45, 7) is 5.32. The number of nitrogens with one attached hydrogen (secondary N) is 1. The summed E-state index contributed by atoms with van der Waals surface area (Å²) in [6, 6.07) is 2.44. The number of fused-ring (bicyclic) bond motifs is 1. The van der Waals surface area contributed by atoms with Crippen molar-refractivity contribution in [3.05, 3.63) is 0 Å². The third-order valence-electron chi connectivity index (χ3n) is 5.19. The fourth-order valence-corrected chi connectivity index (χ4v) is 4.20. The molecule has 0 bridgehead atoms. The Labute approximate surface area is 106 Å². The first kappa shape index (κ1) is 11.9. The summed E-state index contributed by atoms with van der Waals surface area (Å²) >= 11 is 0. The highest BCUT2D eigenvalue weighted by Gasteiger charge is 2.36. The SMILES string of the molecule is CNC1CCCCC1N1CCN2CCCC2C1. The van der Waals surface area contributed by atoms with Crippen LogP contribution in [-0.2, 0) is 0 Å². The molecular weight excluding hydrogens is 210 g/mol. The van der Waals surface area contributed by atoms with E-state index in [1.807, 2.05) is 0 Å². The van der Waals surface area contributed by atoms with Gasteiger partial charge in [-0.1, -0.05) is 12.8 Å². The van der Waals surface area contributed by atoms with Gasteiger partial charge in [-0.15, -0.1) is 0 Å². The standard InChI is InChI=1S/C14H27N3/c1-15-13-6-2-3-7-14(13)17-10-9-16-8-4-5-12(16)11-17/h12-15H,2-11H2,1H3. The largest absolute Gasteiger partial charge is 0.315 e. The van der Waals surface area contributed by atoms with Gasteiger partial charge in [0.2, 0.25) is 0 Å². The minimum atomic E-state index is 0.747. The molecule has 0 aromatic rings. The Morgan fingerprint density at radius 2 is 1.71 bits per heavy atom. The van der Waals surface area contributed by atoms with E-state index in [-0.39, 0.29) is 0 Å². The average Bonchev–Trinajstić information content (AvgIpc) is 2.85. The third-order valence-corrected chi connectivity index (χ3v) is 5.19. The van der Waals surface area contributed by atoms with Crippen molar-refractivity contribution in [2.24, 2.45) is 0 Å². The number of likely N-dealkylation sites (N-methyl/N-ethyl adjacent to an activating group) is 1. The molecule has 0 spiro atoms. The van der Waals surface area contributed by atoms with Gasteiger partial charge in [-0.3, -0.25) is 9.80 Å². The highest BCUT2D eigenvalue weighted by Crippen LogP contribution is 2.28. The molecule has 0 aromatic heterocycles. The van der Waals surface area contributed by atoms with Crippen molar-refractivity contribution in [2.75, 3.05) is 33.2 Å². The normalized spacial score (nSPS) is 40.4. The van der Waals surface area contributed by atoms with Crippen LogP contribution in [0.5, 0.6) is 0 Å². The summed E-state index contributed by atoms with van der Waals surface area (Å²) in [7, 11) is 2.15. The molecule has 1 N–H and O–H groups in total. The second-order valence-electron chi connectivity index (χ2n) is 6.07. The Kier molecular flexibility index (Phi) is 3.69. The first-order valence-corrected chi connectivity index (χ1v) is 7.54. The van der Waals surface area contributed by atoms with Crippen LogP contribution in [0.15, 0.2) is 0 Å². The van der Waals surface area contributed by atoms with Gasteiger partial charge >= 0.3 is 0 Å². The van der Waals surface area contributed by atoms with Crippen molar-refractivity contribution in [3.8, 4) is 0 Å². The predicted octanol–water partition coefficient (Wildman–Crippen LogP) is 1.30. The molecule has 3 fully saturated rings. The van der Waals surface area contributed by atoms with Crippen LogP contribution < -0.4 is 5.32 Å². The van der Waals surface area contributed by atoms with Crippen LogP contribution in [0.25, 0.3) is 0 Å². The van der Waals surface area contributed by atoms with E-state index < -0.39 is 0 Å². The van der Waals surface area contributed by atoms with Crippen molar-refractivity contribution in [1.82, 2.24) is 15.1 Å². The Morgan fingerprint density at radius 3 is 2.59 bits per heavy atom. The van der Waals surface area contributed by atoms with Gasteiger partial charge in [0.15, 0.2) is 0 Å². The number of hydrogen-bond donors (Lipinski definition) is 1. The lowest BCUT2D eigenvalue weighted by Gasteiger charge is -2.45. The van der Waals surface area contributed by atoms with E-state index in [9.17, 15) is 0 Å². The number of rotatable bonds is 2. The zero-order valence-corrected chi connectivity index (χ0v) is 11.2. The summed E-state index contributed by atoms with van der Waals surface area (Å²) < 4.78 is 0. The first-order chi connectivity index (χ1) is 8.38. The van der Waals surface area contributed by atoms with E-state index in [2.05, 4.69) is 22.2 Å². The van der Waals surface area contributed by atoms with Gasteiger partial charge in [0, 0.05) is 37.8 Å².